The van der Waals surface area contributed by atoms with Gasteiger partial charge >= 0.3 is 0 Å². The molecule has 5 nitrogen and oxygen atoms in total. The summed E-state index contributed by atoms with van der Waals surface area (Å²) in [6.07, 6.45) is 6.22. The minimum Gasteiger partial charge on any atom is -0.397 e. The number of rotatable bonds is 5. The molecule has 0 saturated heterocycles. The van der Waals surface area contributed by atoms with E-state index in [4.69, 9.17) is 5.73 Å². The number of hydrogen-bond donors (Lipinski definition) is 3. The summed E-state index contributed by atoms with van der Waals surface area (Å²) in [4.78, 5) is 24.6. The van der Waals surface area contributed by atoms with Crippen LogP contribution in [0.1, 0.15) is 52.8 Å². The molecule has 0 radical (unpaired) electrons. The van der Waals surface area contributed by atoms with Crippen LogP contribution in [-0.2, 0) is 0 Å². The lowest BCUT2D eigenvalue weighted by atomic mass is 9.89. The summed E-state index contributed by atoms with van der Waals surface area (Å²) < 4.78 is 0. The first-order valence-electron chi connectivity index (χ1n) is 9.17. The Labute approximate surface area is 154 Å². The van der Waals surface area contributed by atoms with Gasteiger partial charge in [0.15, 0.2) is 0 Å². The highest BCUT2D eigenvalue weighted by Crippen LogP contribution is 2.23. The number of hydrogen-bond acceptors (Lipinski definition) is 3. The van der Waals surface area contributed by atoms with Crippen molar-refractivity contribution in [3.63, 3.8) is 0 Å². The third-order valence-electron chi connectivity index (χ3n) is 4.89. The van der Waals surface area contributed by atoms with Gasteiger partial charge in [0.1, 0.15) is 0 Å². The summed E-state index contributed by atoms with van der Waals surface area (Å²) in [7, 11) is 0. The Bertz CT molecular complexity index is 765. The van der Waals surface area contributed by atoms with Gasteiger partial charge in [-0.05, 0) is 55.2 Å². The molecule has 136 valence electrons. The van der Waals surface area contributed by atoms with Gasteiger partial charge in [0.25, 0.3) is 11.8 Å². The molecule has 1 saturated carbocycles. The van der Waals surface area contributed by atoms with E-state index in [1.807, 2.05) is 12.1 Å². The van der Waals surface area contributed by atoms with Crippen molar-refractivity contribution in [2.45, 2.75) is 32.1 Å². The van der Waals surface area contributed by atoms with Crippen LogP contribution in [-0.4, -0.2) is 18.4 Å². The maximum absolute atomic E-state index is 12.3. The van der Waals surface area contributed by atoms with E-state index in [1.54, 1.807) is 36.4 Å². The van der Waals surface area contributed by atoms with Gasteiger partial charge in [-0.15, -0.1) is 0 Å². The van der Waals surface area contributed by atoms with E-state index >= 15 is 0 Å². The van der Waals surface area contributed by atoms with Gasteiger partial charge in [0.2, 0.25) is 0 Å². The van der Waals surface area contributed by atoms with Gasteiger partial charge < -0.3 is 16.4 Å². The van der Waals surface area contributed by atoms with E-state index in [-0.39, 0.29) is 11.8 Å². The first-order chi connectivity index (χ1) is 12.6. The van der Waals surface area contributed by atoms with Crippen LogP contribution in [0.4, 0.5) is 11.4 Å². The first kappa shape index (κ1) is 18.0. The zero-order valence-corrected chi connectivity index (χ0v) is 14.8. The zero-order chi connectivity index (χ0) is 18.4. The average molecular weight is 351 g/mol. The molecule has 1 fully saturated rings. The largest absolute Gasteiger partial charge is 0.397 e. The van der Waals surface area contributed by atoms with Gasteiger partial charge in [-0.25, -0.2) is 0 Å². The third-order valence-corrected chi connectivity index (χ3v) is 4.89. The van der Waals surface area contributed by atoms with E-state index in [1.165, 1.54) is 32.1 Å². The van der Waals surface area contributed by atoms with E-state index in [0.717, 1.165) is 6.54 Å². The number of carbonyl (C=O) groups excluding carboxylic acids is 2. The van der Waals surface area contributed by atoms with Gasteiger partial charge in [0, 0.05) is 17.7 Å². The minimum absolute atomic E-state index is 0.0881. The first-order valence-corrected chi connectivity index (χ1v) is 9.17. The Balaban J connectivity index is 1.56. The summed E-state index contributed by atoms with van der Waals surface area (Å²) in [6, 6.07) is 13.8. The quantitative estimate of drug-likeness (QED) is 0.716. The monoisotopic (exact) mass is 351 g/mol. The standard InChI is InChI=1S/C21H25N3O2/c22-18-8-4-5-9-19(18)24-21(26)17-12-10-16(11-13-17)20(25)23-14-15-6-2-1-3-7-15/h4-5,8-13,15H,1-3,6-7,14,22H2,(H,23,25)(H,24,26). The molecular formula is C21H25N3O2. The van der Waals surface area contributed by atoms with E-state index in [2.05, 4.69) is 10.6 Å². The maximum Gasteiger partial charge on any atom is 0.255 e. The van der Waals surface area contributed by atoms with E-state index in [0.29, 0.717) is 28.4 Å². The zero-order valence-electron chi connectivity index (χ0n) is 14.8. The second-order valence-electron chi connectivity index (χ2n) is 6.83. The topological polar surface area (TPSA) is 84.2 Å². The van der Waals surface area contributed by atoms with Crippen LogP contribution in [0.2, 0.25) is 0 Å². The predicted molar refractivity (Wildman–Crippen MR) is 104 cm³/mol. The fraction of sp³-hybridized carbons (Fsp3) is 0.333. The van der Waals surface area contributed by atoms with Crippen LogP contribution in [0.25, 0.3) is 0 Å². The van der Waals surface area contributed by atoms with Crippen LogP contribution >= 0.6 is 0 Å². The molecule has 0 spiro atoms. The Morgan fingerprint density at radius 2 is 1.50 bits per heavy atom. The second kappa shape index (κ2) is 8.52. The predicted octanol–water partition coefficient (Wildman–Crippen LogP) is 3.83. The second-order valence-corrected chi connectivity index (χ2v) is 6.83. The molecule has 5 heteroatoms. The molecule has 2 aromatic rings. The van der Waals surface area contributed by atoms with Gasteiger partial charge in [-0.3, -0.25) is 9.59 Å². The van der Waals surface area contributed by atoms with Crippen molar-refractivity contribution in [3.8, 4) is 0 Å². The van der Waals surface area contributed by atoms with Crippen LogP contribution in [0.3, 0.4) is 0 Å². The lowest BCUT2D eigenvalue weighted by molar-refractivity contribution is 0.0942. The molecule has 2 aromatic carbocycles. The van der Waals surface area contributed by atoms with Gasteiger partial charge in [-0.1, -0.05) is 31.4 Å². The van der Waals surface area contributed by atoms with Gasteiger partial charge in [0.05, 0.1) is 11.4 Å². The highest BCUT2D eigenvalue weighted by atomic mass is 16.2. The third kappa shape index (κ3) is 4.63. The Morgan fingerprint density at radius 1 is 0.885 bits per heavy atom. The number of para-hydroxylation sites is 2. The van der Waals surface area contributed by atoms with Crippen LogP contribution < -0.4 is 16.4 Å². The number of amides is 2. The molecule has 0 atom stereocenters. The normalized spacial score (nSPS) is 14.6. The molecule has 26 heavy (non-hydrogen) atoms. The molecule has 2 amide bonds. The fourth-order valence-electron chi connectivity index (χ4n) is 3.31. The lowest BCUT2D eigenvalue weighted by Crippen LogP contribution is -2.30. The summed E-state index contributed by atoms with van der Waals surface area (Å²) in [5, 5.41) is 5.79. The van der Waals surface area contributed by atoms with Crippen LogP contribution in [0.15, 0.2) is 48.5 Å². The number of benzene rings is 2. The lowest BCUT2D eigenvalue weighted by Gasteiger charge is -2.21. The molecular weight excluding hydrogens is 326 g/mol. The summed E-state index contributed by atoms with van der Waals surface area (Å²) in [5.41, 5.74) is 7.98. The summed E-state index contributed by atoms with van der Waals surface area (Å²) in [6.45, 7) is 0.731. The number of nitrogens with one attached hydrogen (secondary N) is 2. The van der Waals surface area contributed by atoms with Crippen molar-refractivity contribution in [1.29, 1.82) is 0 Å². The van der Waals surface area contributed by atoms with Gasteiger partial charge in [-0.2, -0.15) is 0 Å². The number of nitrogen functional groups attached to an aromatic ring is 1. The number of nitrogens with two attached hydrogens (primary N) is 1. The van der Waals surface area contributed by atoms with Crippen molar-refractivity contribution in [3.05, 3.63) is 59.7 Å². The van der Waals surface area contributed by atoms with Crippen molar-refractivity contribution >= 4 is 23.2 Å². The number of carbonyl (C=O) groups is 2. The van der Waals surface area contributed by atoms with Crippen molar-refractivity contribution in [1.82, 2.24) is 5.32 Å². The fourth-order valence-corrected chi connectivity index (χ4v) is 3.31. The molecule has 1 aliphatic carbocycles. The van der Waals surface area contributed by atoms with Crippen molar-refractivity contribution in [2.24, 2.45) is 5.92 Å². The Hall–Kier alpha value is -2.82. The van der Waals surface area contributed by atoms with Crippen LogP contribution in [0, 0.1) is 5.92 Å². The maximum atomic E-state index is 12.3. The average Bonchev–Trinajstić information content (AvgIpc) is 2.69. The molecule has 4 N–H and O–H groups in total. The summed E-state index contributed by atoms with van der Waals surface area (Å²) in [5.74, 6) is 0.251. The Morgan fingerprint density at radius 3 is 2.15 bits per heavy atom. The van der Waals surface area contributed by atoms with Crippen molar-refractivity contribution < 1.29 is 9.59 Å². The molecule has 3 rings (SSSR count). The van der Waals surface area contributed by atoms with Crippen LogP contribution in [0.5, 0.6) is 0 Å². The van der Waals surface area contributed by atoms with E-state index in [9.17, 15) is 9.59 Å². The van der Waals surface area contributed by atoms with Crippen molar-refractivity contribution in [2.75, 3.05) is 17.6 Å². The highest BCUT2D eigenvalue weighted by molar-refractivity contribution is 6.06. The Kier molecular flexibility index (Phi) is 5.89. The molecule has 0 heterocycles. The smallest absolute Gasteiger partial charge is 0.255 e. The molecule has 1 aliphatic rings. The minimum atomic E-state index is -0.253. The number of anilines is 2. The molecule has 0 aliphatic heterocycles. The summed E-state index contributed by atoms with van der Waals surface area (Å²) >= 11 is 0. The molecule has 0 bridgehead atoms. The molecule has 0 aromatic heterocycles. The highest BCUT2D eigenvalue weighted by Gasteiger charge is 2.15. The SMILES string of the molecule is Nc1ccccc1NC(=O)c1ccc(C(=O)NCC2CCCCC2)cc1. The molecule has 0 unspecified atom stereocenters. The van der Waals surface area contributed by atoms with E-state index < -0.39 is 0 Å².